The minimum Gasteiger partial charge on any atom is -0.464 e. The van der Waals surface area contributed by atoms with E-state index in [1.165, 1.54) is 7.11 Å². The lowest BCUT2D eigenvalue weighted by Crippen LogP contribution is -2.27. The number of hydrogen-bond donors (Lipinski definition) is 0. The maximum atomic E-state index is 12.2. The summed E-state index contributed by atoms with van der Waals surface area (Å²) in [5.41, 5.74) is 3.83. The van der Waals surface area contributed by atoms with E-state index in [9.17, 15) is 4.79 Å². The lowest BCUT2D eigenvalue weighted by atomic mass is 10.0. The molecular formula is C18H19N2O2+. The molecule has 0 N–H and O–H groups in total. The van der Waals surface area contributed by atoms with Gasteiger partial charge in [-0.25, -0.2) is 9.36 Å². The summed E-state index contributed by atoms with van der Waals surface area (Å²) < 4.78 is 8.91. The first-order valence-corrected chi connectivity index (χ1v) is 7.20. The molecule has 22 heavy (non-hydrogen) atoms. The van der Waals surface area contributed by atoms with Crippen molar-refractivity contribution in [2.45, 2.75) is 6.42 Å². The number of fused-ring (bicyclic) bond motifs is 1. The summed E-state index contributed by atoms with van der Waals surface area (Å²) in [6, 6.07) is 12.1. The molecule has 1 aromatic carbocycles. The number of aromatic nitrogens is 2. The van der Waals surface area contributed by atoms with Crippen molar-refractivity contribution >= 4 is 16.9 Å². The van der Waals surface area contributed by atoms with E-state index in [4.69, 9.17) is 4.74 Å². The van der Waals surface area contributed by atoms with Gasteiger partial charge in [0.1, 0.15) is 12.7 Å². The van der Waals surface area contributed by atoms with E-state index in [-0.39, 0.29) is 5.97 Å². The number of benzene rings is 1. The fourth-order valence-corrected chi connectivity index (χ4v) is 2.97. The summed E-state index contributed by atoms with van der Waals surface area (Å²) in [7, 11) is 5.32. The van der Waals surface area contributed by atoms with Crippen LogP contribution in [0.4, 0.5) is 0 Å². The van der Waals surface area contributed by atoms with Crippen LogP contribution in [-0.4, -0.2) is 17.6 Å². The second-order valence-corrected chi connectivity index (χ2v) is 5.45. The zero-order valence-corrected chi connectivity index (χ0v) is 13.0. The number of ether oxygens (including phenoxy) is 1. The minimum absolute atomic E-state index is 0.297. The summed E-state index contributed by atoms with van der Waals surface area (Å²) in [5, 5.41) is 1.09. The number of carbonyl (C=O) groups excluding carboxylic acids is 1. The van der Waals surface area contributed by atoms with E-state index in [0.717, 1.165) is 22.0 Å². The number of pyridine rings is 1. The molecule has 0 saturated heterocycles. The SMILES string of the molecule is COC(=O)c1c(Cc2ccc[n+](C)c2)c2ccccc2n1C. The van der Waals surface area contributed by atoms with Crippen molar-refractivity contribution in [3.63, 3.8) is 0 Å². The molecule has 0 atom stereocenters. The molecule has 0 radical (unpaired) electrons. The van der Waals surface area contributed by atoms with E-state index in [1.54, 1.807) is 0 Å². The zero-order chi connectivity index (χ0) is 15.7. The molecule has 0 aliphatic rings. The van der Waals surface area contributed by atoms with Gasteiger partial charge in [0.25, 0.3) is 0 Å². The molecule has 0 bridgehead atoms. The monoisotopic (exact) mass is 295 g/mol. The molecule has 4 nitrogen and oxygen atoms in total. The van der Waals surface area contributed by atoms with Crippen LogP contribution in [0.2, 0.25) is 0 Å². The third kappa shape index (κ3) is 2.37. The molecule has 0 unspecified atom stereocenters. The van der Waals surface area contributed by atoms with Crippen LogP contribution in [0.3, 0.4) is 0 Å². The first kappa shape index (κ1) is 14.3. The summed E-state index contributed by atoms with van der Waals surface area (Å²) in [5.74, 6) is -0.297. The molecule has 0 saturated carbocycles. The normalized spacial score (nSPS) is 10.9. The average molecular weight is 295 g/mol. The van der Waals surface area contributed by atoms with Gasteiger partial charge in [-0.05, 0) is 17.7 Å². The Morgan fingerprint density at radius 1 is 1.23 bits per heavy atom. The first-order chi connectivity index (χ1) is 10.6. The summed E-state index contributed by atoms with van der Waals surface area (Å²) >= 11 is 0. The maximum Gasteiger partial charge on any atom is 0.354 e. The number of nitrogens with zero attached hydrogens (tertiary/aromatic N) is 2. The van der Waals surface area contributed by atoms with Crippen molar-refractivity contribution in [3.05, 3.63) is 65.6 Å². The van der Waals surface area contributed by atoms with Gasteiger partial charge in [-0.3, -0.25) is 0 Å². The van der Waals surface area contributed by atoms with Crippen LogP contribution < -0.4 is 4.57 Å². The number of esters is 1. The van der Waals surface area contributed by atoms with Crippen LogP contribution in [0.1, 0.15) is 21.6 Å². The Bertz CT molecular complexity index is 849. The molecule has 112 valence electrons. The van der Waals surface area contributed by atoms with Crippen LogP contribution in [-0.2, 0) is 25.3 Å². The van der Waals surface area contributed by atoms with E-state index >= 15 is 0 Å². The van der Waals surface area contributed by atoms with Crippen LogP contribution in [0.15, 0.2) is 48.8 Å². The highest BCUT2D eigenvalue weighted by molar-refractivity contribution is 5.99. The molecule has 0 amide bonds. The standard InChI is InChI=1S/C18H19N2O2/c1-19-10-6-7-13(12-19)11-15-14-8-4-5-9-16(14)20(2)17(15)18(21)22-3/h4-10,12H,11H2,1-3H3/q+1. The molecule has 3 rings (SSSR count). The van der Waals surface area contributed by atoms with Gasteiger partial charge < -0.3 is 9.30 Å². The Balaban J connectivity index is 2.20. The van der Waals surface area contributed by atoms with Gasteiger partial charge in [0, 0.05) is 36.0 Å². The van der Waals surface area contributed by atoms with E-state index in [2.05, 4.69) is 18.3 Å². The topological polar surface area (TPSA) is 35.1 Å². The zero-order valence-electron chi connectivity index (χ0n) is 13.0. The summed E-state index contributed by atoms with van der Waals surface area (Å²) in [6.45, 7) is 0. The Morgan fingerprint density at radius 3 is 2.73 bits per heavy atom. The first-order valence-electron chi connectivity index (χ1n) is 7.20. The molecular weight excluding hydrogens is 276 g/mol. The van der Waals surface area contributed by atoms with Crippen molar-refractivity contribution in [1.82, 2.24) is 4.57 Å². The van der Waals surface area contributed by atoms with Gasteiger partial charge in [-0.1, -0.05) is 18.2 Å². The van der Waals surface area contributed by atoms with Gasteiger partial charge >= 0.3 is 5.97 Å². The third-order valence-corrected chi connectivity index (χ3v) is 3.97. The van der Waals surface area contributed by atoms with Gasteiger partial charge in [-0.2, -0.15) is 0 Å². The minimum atomic E-state index is -0.297. The smallest absolute Gasteiger partial charge is 0.354 e. The molecule has 0 aliphatic heterocycles. The predicted molar refractivity (Wildman–Crippen MR) is 84.7 cm³/mol. The van der Waals surface area contributed by atoms with Crippen LogP contribution in [0, 0.1) is 0 Å². The van der Waals surface area contributed by atoms with Crippen molar-refractivity contribution < 1.29 is 14.1 Å². The van der Waals surface area contributed by atoms with Crippen LogP contribution in [0.5, 0.6) is 0 Å². The Morgan fingerprint density at radius 2 is 2.00 bits per heavy atom. The quantitative estimate of drug-likeness (QED) is 0.549. The molecule has 2 aromatic heterocycles. The largest absolute Gasteiger partial charge is 0.464 e. The van der Waals surface area contributed by atoms with Gasteiger partial charge in [0.15, 0.2) is 12.4 Å². The van der Waals surface area contributed by atoms with Crippen molar-refractivity contribution in [2.75, 3.05) is 7.11 Å². The molecule has 0 spiro atoms. The highest BCUT2D eigenvalue weighted by Gasteiger charge is 2.21. The number of carbonyl (C=O) groups is 1. The van der Waals surface area contributed by atoms with Crippen molar-refractivity contribution in [2.24, 2.45) is 14.1 Å². The predicted octanol–water partition coefficient (Wildman–Crippen LogP) is 2.38. The van der Waals surface area contributed by atoms with Crippen molar-refractivity contribution in [1.29, 1.82) is 0 Å². The Labute approximate surface area is 129 Å². The highest BCUT2D eigenvalue weighted by Crippen LogP contribution is 2.27. The maximum absolute atomic E-state index is 12.2. The number of methoxy groups -OCH3 is 1. The molecule has 3 aromatic rings. The van der Waals surface area contributed by atoms with E-state index in [1.807, 2.05) is 53.7 Å². The van der Waals surface area contributed by atoms with E-state index in [0.29, 0.717) is 12.1 Å². The highest BCUT2D eigenvalue weighted by atomic mass is 16.5. The second kappa shape index (κ2) is 5.64. The Hall–Kier alpha value is -2.62. The number of aryl methyl sites for hydroxylation is 2. The Kier molecular flexibility index (Phi) is 3.67. The molecule has 2 heterocycles. The molecule has 0 aliphatic carbocycles. The average Bonchev–Trinajstić information content (AvgIpc) is 2.80. The van der Waals surface area contributed by atoms with E-state index < -0.39 is 0 Å². The fourth-order valence-electron chi connectivity index (χ4n) is 2.97. The molecule has 4 heteroatoms. The molecule has 0 fully saturated rings. The fraction of sp³-hybridized carbons (Fsp3) is 0.222. The number of para-hydroxylation sites is 1. The van der Waals surface area contributed by atoms with Gasteiger partial charge in [-0.15, -0.1) is 0 Å². The summed E-state index contributed by atoms with van der Waals surface area (Å²) in [6.07, 6.45) is 4.76. The van der Waals surface area contributed by atoms with Crippen molar-refractivity contribution in [3.8, 4) is 0 Å². The van der Waals surface area contributed by atoms with Crippen LogP contribution >= 0.6 is 0 Å². The lowest BCUT2D eigenvalue weighted by Gasteiger charge is -2.05. The number of rotatable bonds is 3. The number of hydrogen-bond acceptors (Lipinski definition) is 2. The van der Waals surface area contributed by atoms with Gasteiger partial charge in [0.2, 0.25) is 0 Å². The lowest BCUT2D eigenvalue weighted by molar-refractivity contribution is -0.671. The van der Waals surface area contributed by atoms with Gasteiger partial charge in [0.05, 0.1) is 7.11 Å². The second-order valence-electron chi connectivity index (χ2n) is 5.45. The third-order valence-electron chi connectivity index (χ3n) is 3.97. The van der Waals surface area contributed by atoms with Crippen LogP contribution in [0.25, 0.3) is 10.9 Å². The summed E-state index contributed by atoms with van der Waals surface area (Å²) in [4.78, 5) is 12.2.